The van der Waals surface area contributed by atoms with E-state index in [9.17, 15) is 4.79 Å². The van der Waals surface area contributed by atoms with Gasteiger partial charge in [0.15, 0.2) is 5.76 Å². The van der Waals surface area contributed by atoms with E-state index in [2.05, 4.69) is 5.32 Å². The van der Waals surface area contributed by atoms with Crippen LogP contribution in [0.4, 0.5) is 0 Å². The van der Waals surface area contributed by atoms with E-state index in [1.54, 1.807) is 12.1 Å². The summed E-state index contributed by atoms with van der Waals surface area (Å²) in [5.74, 6) is 2.83. The molecule has 2 aromatic carbocycles. The predicted molar refractivity (Wildman–Crippen MR) is 102 cm³/mol. The van der Waals surface area contributed by atoms with Gasteiger partial charge in [0.05, 0.1) is 6.54 Å². The summed E-state index contributed by atoms with van der Waals surface area (Å²) < 4.78 is 16.9. The van der Waals surface area contributed by atoms with E-state index >= 15 is 0 Å². The van der Waals surface area contributed by atoms with Crippen molar-refractivity contribution < 1.29 is 18.4 Å². The first-order valence-corrected chi connectivity index (χ1v) is 8.72. The summed E-state index contributed by atoms with van der Waals surface area (Å²) >= 11 is 0. The highest BCUT2D eigenvalue weighted by Crippen LogP contribution is 2.26. The number of carbonyl (C=O) groups excluding carboxylic acids is 1. The predicted octanol–water partition coefficient (Wildman–Crippen LogP) is 4.84. The summed E-state index contributed by atoms with van der Waals surface area (Å²) in [6.45, 7) is 2.42. The van der Waals surface area contributed by atoms with Gasteiger partial charge in [0.1, 0.15) is 29.6 Å². The third-order valence-corrected chi connectivity index (χ3v) is 4.22. The quantitative estimate of drug-likeness (QED) is 0.533. The Balaban J connectivity index is 1.38. The van der Waals surface area contributed by atoms with Crippen molar-refractivity contribution in [1.29, 1.82) is 0 Å². The summed E-state index contributed by atoms with van der Waals surface area (Å²) in [6.07, 6.45) is 0. The van der Waals surface area contributed by atoms with Crippen LogP contribution < -0.4 is 10.1 Å². The maximum Gasteiger partial charge on any atom is 0.287 e. The number of rotatable bonds is 6. The van der Waals surface area contributed by atoms with Gasteiger partial charge in [-0.05, 0) is 42.6 Å². The molecule has 5 heteroatoms. The minimum atomic E-state index is -0.291. The molecule has 27 heavy (non-hydrogen) atoms. The Hall–Kier alpha value is -3.47. The summed E-state index contributed by atoms with van der Waals surface area (Å²) in [6, 6.07) is 21.0. The van der Waals surface area contributed by atoms with Crippen molar-refractivity contribution in [2.45, 2.75) is 20.1 Å². The van der Waals surface area contributed by atoms with Gasteiger partial charge in [-0.15, -0.1) is 0 Å². The van der Waals surface area contributed by atoms with Gasteiger partial charge < -0.3 is 18.9 Å². The number of fused-ring (bicyclic) bond motifs is 1. The molecule has 0 unspecified atom stereocenters. The highest BCUT2D eigenvalue weighted by molar-refractivity contribution is 5.91. The molecule has 2 heterocycles. The first kappa shape index (κ1) is 17.0. The van der Waals surface area contributed by atoms with Gasteiger partial charge in [0.25, 0.3) is 5.91 Å². The molecule has 0 aliphatic rings. The highest BCUT2D eigenvalue weighted by Gasteiger charge is 2.12. The van der Waals surface area contributed by atoms with E-state index in [1.807, 2.05) is 61.5 Å². The fourth-order valence-electron chi connectivity index (χ4n) is 2.88. The molecule has 0 aliphatic carbocycles. The van der Waals surface area contributed by atoms with Gasteiger partial charge in [-0.25, -0.2) is 0 Å². The van der Waals surface area contributed by atoms with Gasteiger partial charge in [-0.2, -0.15) is 0 Å². The maximum absolute atomic E-state index is 12.2. The van der Waals surface area contributed by atoms with E-state index < -0.39 is 0 Å². The largest absolute Gasteiger partial charge is 0.485 e. The summed E-state index contributed by atoms with van der Waals surface area (Å²) in [5, 5.41) is 4.93. The van der Waals surface area contributed by atoms with Crippen LogP contribution >= 0.6 is 0 Å². The van der Waals surface area contributed by atoms with Gasteiger partial charge >= 0.3 is 0 Å². The summed E-state index contributed by atoms with van der Waals surface area (Å²) in [7, 11) is 0. The third-order valence-electron chi connectivity index (χ3n) is 4.22. The normalized spacial score (nSPS) is 10.9. The molecule has 4 rings (SSSR count). The van der Waals surface area contributed by atoms with E-state index in [0.29, 0.717) is 18.1 Å². The molecule has 0 bridgehead atoms. The van der Waals surface area contributed by atoms with Crippen LogP contribution in [0.3, 0.4) is 0 Å². The molecule has 0 radical (unpaired) electrons. The number of carbonyl (C=O) groups is 1. The zero-order chi connectivity index (χ0) is 18.6. The van der Waals surface area contributed by atoms with E-state index in [4.69, 9.17) is 13.6 Å². The minimum absolute atomic E-state index is 0.245. The molecule has 1 amide bonds. The number of benzene rings is 2. The molecule has 0 fully saturated rings. The van der Waals surface area contributed by atoms with E-state index in [-0.39, 0.29) is 18.3 Å². The molecule has 2 aromatic heterocycles. The van der Waals surface area contributed by atoms with Crippen LogP contribution in [0.15, 0.2) is 75.6 Å². The number of aryl methyl sites for hydroxylation is 1. The zero-order valence-electron chi connectivity index (χ0n) is 14.9. The van der Waals surface area contributed by atoms with Crippen molar-refractivity contribution in [3.63, 3.8) is 0 Å². The molecular weight excluding hydrogens is 342 g/mol. The number of nitrogens with one attached hydrogen (secondary N) is 1. The Bertz CT molecular complexity index is 1070. The second-order valence-corrected chi connectivity index (χ2v) is 6.23. The number of ether oxygens (including phenoxy) is 1. The average Bonchev–Trinajstić information content (AvgIpc) is 3.33. The molecule has 0 atom stereocenters. The Morgan fingerprint density at radius 2 is 1.74 bits per heavy atom. The lowest BCUT2D eigenvalue weighted by atomic mass is 10.1. The van der Waals surface area contributed by atoms with Crippen molar-refractivity contribution in [1.82, 2.24) is 5.32 Å². The summed E-state index contributed by atoms with van der Waals surface area (Å²) in [4.78, 5) is 12.2. The average molecular weight is 361 g/mol. The van der Waals surface area contributed by atoms with Crippen LogP contribution in [-0.2, 0) is 13.2 Å². The maximum atomic E-state index is 12.2. The van der Waals surface area contributed by atoms with Crippen LogP contribution in [0.1, 0.15) is 27.8 Å². The van der Waals surface area contributed by atoms with Crippen molar-refractivity contribution in [3.8, 4) is 5.75 Å². The fourth-order valence-corrected chi connectivity index (χ4v) is 2.88. The number of amides is 1. The van der Waals surface area contributed by atoms with E-state index in [1.165, 1.54) is 0 Å². The van der Waals surface area contributed by atoms with Crippen LogP contribution in [0.2, 0.25) is 0 Å². The van der Waals surface area contributed by atoms with Gasteiger partial charge in [-0.3, -0.25) is 4.79 Å². The molecule has 0 saturated carbocycles. The van der Waals surface area contributed by atoms with Crippen molar-refractivity contribution in [2.24, 2.45) is 0 Å². The lowest BCUT2D eigenvalue weighted by Crippen LogP contribution is -2.21. The second kappa shape index (κ2) is 7.41. The number of hydrogen-bond donors (Lipinski definition) is 1. The second-order valence-electron chi connectivity index (χ2n) is 6.23. The monoisotopic (exact) mass is 361 g/mol. The van der Waals surface area contributed by atoms with Gasteiger partial charge in [0, 0.05) is 5.39 Å². The number of furan rings is 2. The third kappa shape index (κ3) is 3.87. The first-order chi connectivity index (χ1) is 13.2. The molecule has 0 spiro atoms. The van der Waals surface area contributed by atoms with E-state index in [0.717, 1.165) is 22.3 Å². The first-order valence-electron chi connectivity index (χ1n) is 8.72. The molecule has 0 aliphatic heterocycles. The molecule has 1 N–H and O–H groups in total. The van der Waals surface area contributed by atoms with Crippen molar-refractivity contribution in [2.75, 3.05) is 0 Å². The summed E-state index contributed by atoms with van der Waals surface area (Å²) in [5.41, 5.74) is 0. The van der Waals surface area contributed by atoms with Crippen molar-refractivity contribution in [3.05, 3.63) is 89.8 Å². The smallest absolute Gasteiger partial charge is 0.287 e. The highest BCUT2D eigenvalue weighted by atomic mass is 16.5. The lowest BCUT2D eigenvalue weighted by Gasteiger charge is -2.08. The Kier molecular flexibility index (Phi) is 4.66. The van der Waals surface area contributed by atoms with Crippen LogP contribution in [-0.4, -0.2) is 5.91 Å². The topological polar surface area (TPSA) is 64.6 Å². The minimum Gasteiger partial charge on any atom is -0.485 e. The fraction of sp³-hybridized carbons (Fsp3) is 0.136. The Labute approximate surface area is 156 Å². The zero-order valence-corrected chi connectivity index (χ0v) is 14.9. The Morgan fingerprint density at radius 3 is 2.59 bits per heavy atom. The van der Waals surface area contributed by atoms with Crippen LogP contribution in [0, 0.1) is 6.92 Å². The Morgan fingerprint density at radius 1 is 0.926 bits per heavy atom. The number of hydrogen-bond acceptors (Lipinski definition) is 4. The van der Waals surface area contributed by atoms with Crippen LogP contribution in [0.5, 0.6) is 5.75 Å². The van der Waals surface area contributed by atoms with Gasteiger partial charge in [0.2, 0.25) is 0 Å². The lowest BCUT2D eigenvalue weighted by molar-refractivity contribution is 0.0916. The van der Waals surface area contributed by atoms with Crippen LogP contribution in [0.25, 0.3) is 10.8 Å². The molecule has 5 nitrogen and oxygen atoms in total. The standard InChI is InChI=1S/C22H19NO4/c1-15-9-10-17(26-15)13-23-22(24)21-12-11-18(27-21)14-25-20-8-4-6-16-5-2-3-7-19(16)20/h2-12H,13-14H2,1H3,(H,23,24). The van der Waals surface area contributed by atoms with Gasteiger partial charge in [-0.1, -0.05) is 36.4 Å². The molecule has 136 valence electrons. The van der Waals surface area contributed by atoms with Crippen molar-refractivity contribution >= 4 is 16.7 Å². The molecular formula is C22H19NO4. The molecule has 4 aromatic rings. The molecule has 0 saturated heterocycles. The SMILES string of the molecule is Cc1ccc(CNC(=O)c2ccc(COc3cccc4ccccc34)o2)o1.